The molecular weight excluding hydrogens is 422 g/mol. The predicted octanol–water partition coefficient (Wildman–Crippen LogP) is 3.81. The second kappa shape index (κ2) is 8.88. The summed E-state index contributed by atoms with van der Waals surface area (Å²) in [6, 6.07) is 15.6. The van der Waals surface area contributed by atoms with E-state index in [0.717, 1.165) is 61.7 Å². The zero-order chi connectivity index (χ0) is 22.1. The van der Waals surface area contributed by atoms with Gasteiger partial charge in [-0.1, -0.05) is 48.9 Å². The summed E-state index contributed by atoms with van der Waals surface area (Å²) in [5.74, 6) is 0.546. The summed E-state index contributed by atoms with van der Waals surface area (Å²) in [4.78, 5) is 29.4. The van der Waals surface area contributed by atoms with Crippen molar-refractivity contribution in [2.75, 3.05) is 44.2 Å². The van der Waals surface area contributed by atoms with Crippen molar-refractivity contribution >= 4 is 34.7 Å². The molecule has 0 saturated carbocycles. The number of hydrogen-bond acceptors (Lipinski definition) is 5. The van der Waals surface area contributed by atoms with Gasteiger partial charge in [0, 0.05) is 48.5 Å². The molecule has 3 aliphatic rings. The molecule has 0 atom stereocenters. The maximum Gasteiger partial charge on any atom is 0.284 e. The van der Waals surface area contributed by atoms with Gasteiger partial charge in [0.2, 0.25) is 0 Å². The van der Waals surface area contributed by atoms with E-state index in [1.165, 1.54) is 0 Å². The zero-order valence-corrected chi connectivity index (χ0v) is 18.9. The summed E-state index contributed by atoms with van der Waals surface area (Å²) < 4.78 is 0. The highest BCUT2D eigenvalue weighted by Crippen LogP contribution is 2.33. The van der Waals surface area contributed by atoms with Crippen molar-refractivity contribution in [2.24, 2.45) is 9.98 Å². The quantitative estimate of drug-likeness (QED) is 0.670. The summed E-state index contributed by atoms with van der Waals surface area (Å²) in [6.45, 7) is 7.51. The normalized spacial score (nSPS) is 20.1. The second-order valence-corrected chi connectivity index (χ2v) is 8.69. The van der Waals surface area contributed by atoms with Crippen molar-refractivity contribution in [3.05, 3.63) is 76.6 Å². The minimum Gasteiger partial charge on any atom is -0.373 e. The van der Waals surface area contributed by atoms with Crippen LogP contribution in [0.5, 0.6) is 0 Å². The number of fused-ring (bicyclic) bond motifs is 3. The lowest BCUT2D eigenvalue weighted by Crippen LogP contribution is -2.44. The Morgan fingerprint density at radius 2 is 1.84 bits per heavy atom. The number of benzene rings is 2. The third-order valence-corrected chi connectivity index (χ3v) is 6.30. The van der Waals surface area contributed by atoms with Gasteiger partial charge in [-0.2, -0.15) is 0 Å². The maximum atomic E-state index is 13.4. The van der Waals surface area contributed by atoms with E-state index >= 15 is 0 Å². The minimum atomic E-state index is -0.107. The van der Waals surface area contributed by atoms with Crippen molar-refractivity contribution in [1.82, 2.24) is 9.80 Å². The number of amides is 1. The van der Waals surface area contributed by atoms with Crippen molar-refractivity contribution in [1.29, 1.82) is 0 Å². The molecule has 1 amide bonds. The van der Waals surface area contributed by atoms with Crippen LogP contribution in [0.25, 0.3) is 0 Å². The molecule has 3 aliphatic heterocycles. The van der Waals surface area contributed by atoms with E-state index in [-0.39, 0.29) is 5.91 Å². The van der Waals surface area contributed by atoms with Gasteiger partial charge in [-0.15, -0.1) is 0 Å². The van der Waals surface area contributed by atoms with Crippen LogP contribution in [-0.4, -0.2) is 66.5 Å². The number of rotatable bonds is 4. The fourth-order valence-corrected chi connectivity index (χ4v) is 4.66. The van der Waals surface area contributed by atoms with E-state index in [4.69, 9.17) is 21.6 Å². The standard InChI is InChI=1S/C25H26ClN5O/c1-2-10-29-11-13-30(14-12-29)17-21-25(32)31-22-9-8-19(26)15-20(22)24(27-16-23(31)28-21)18-6-4-3-5-7-18/h3-9,15,17H,2,10-14,16H2,1H3/b21-17-. The van der Waals surface area contributed by atoms with Crippen LogP contribution in [0.2, 0.25) is 5.02 Å². The minimum absolute atomic E-state index is 0.107. The predicted molar refractivity (Wildman–Crippen MR) is 130 cm³/mol. The van der Waals surface area contributed by atoms with Crippen LogP contribution in [0.4, 0.5) is 5.69 Å². The largest absolute Gasteiger partial charge is 0.373 e. The number of hydrogen-bond donors (Lipinski definition) is 0. The van der Waals surface area contributed by atoms with Crippen molar-refractivity contribution in [3.63, 3.8) is 0 Å². The molecule has 164 valence electrons. The van der Waals surface area contributed by atoms with Gasteiger partial charge >= 0.3 is 0 Å². The van der Waals surface area contributed by atoms with E-state index in [9.17, 15) is 4.79 Å². The number of carbonyl (C=O) groups excluding carboxylic acids is 1. The summed E-state index contributed by atoms with van der Waals surface area (Å²) in [6.07, 6.45) is 3.09. The molecule has 0 radical (unpaired) electrons. The molecule has 0 aliphatic carbocycles. The van der Waals surface area contributed by atoms with E-state index in [0.29, 0.717) is 23.1 Å². The first-order valence-corrected chi connectivity index (χ1v) is 11.5. The van der Waals surface area contributed by atoms with E-state index in [1.54, 1.807) is 4.90 Å². The molecule has 1 saturated heterocycles. The highest BCUT2D eigenvalue weighted by Gasteiger charge is 2.36. The Morgan fingerprint density at radius 1 is 1.06 bits per heavy atom. The van der Waals surface area contributed by atoms with Gasteiger partial charge in [-0.05, 0) is 31.2 Å². The van der Waals surface area contributed by atoms with E-state index < -0.39 is 0 Å². The molecule has 7 heteroatoms. The number of nitrogens with zero attached hydrogens (tertiary/aromatic N) is 5. The van der Waals surface area contributed by atoms with Crippen LogP contribution in [0.3, 0.4) is 0 Å². The monoisotopic (exact) mass is 447 g/mol. The van der Waals surface area contributed by atoms with Gasteiger partial charge in [-0.3, -0.25) is 19.6 Å². The van der Waals surface area contributed by atoms with Gasteiger partial charge in [0.15, 0.2) is 0 Å². The van der Waals surface area contributed by atoms with E-state index in [2.05, 4.69) is 16.7 Å². The molecule has 2 aromatic rings. The Labute approximate surface area is 193 Å². The smallest absolute Gasteiger partial charge is 0.284 e. The lowest BCUT2D eigenvalue weighted by Gasteiger charge is -2.33. The molecule has 3 heterocycles. The number of aliphatic imine (C=N–C) groups is 2. The van der Waals surface area contributed by atoms with Crippen LogP contribution in [0.15, 0.2) is 70.4 Å². The Balaban J connectivity index is 1.48. The van der Waals surface area contributed by atoms with Gasteiger partial charge in [-0.25, -0.2) is 4.99 Å². The highest BCUT2D eigenvalue weighted by molar-refractivity contribution is 6.34. The molecule has 0 aromatic heterocycles. The van der Waals surface area contributed by atoms with E-state index in [1.807, 2.05) is 54.7 Å². The molecule has 5 rings (SSSR count). The van der Waals surface area contributed by atoms with Crippen LogP contribution in [-0.2, 0) is 4.79 Å². The third kappa shape index (κ3) is 3.96. The molecular formula is C25H26ClN5O. The van der Waals surface area contributed by atoms with Gasteiger partial charge < -0.3 is 4.90 Å². The number of anilines is 1. The Morgan fingerprint density at radius 3 is 2.59 bits per heavy atom. The summed E-state index contributed by atoms with van der Waals surface area (Å²) >= 11 is 6.34. The molecule has 6 nitrogen and oxygen atoms in total. The Kier molecular flexibility index (Phi) is 5.81. The van der Waals surface area contributed by atoms with Crippen LogP contribution >= 0.6 is 11.6 Å². The number of carbonyl (C=O) groups is 1. The fraction of sp³-hybridized carbons (Fsp3) is 0.320. The highest BCUT2D eigenvalue weighted by atomic mass is 35.5. The first-order chi connectivity index (χ1) is 15.6. The molecule has 0 unspecified atom stereocenters. The van der Waals surface area contributed by atoms with Crippen LogP contribution in [0.1, 0.15) is 24.5 Å². The third-order valence-electron chi connectivity index (χ3n) is 6.06. The summed E-state index contributed by atoms with van der Waals surface area (Å²) in [7, 11) is 0. The lowest BCUT2D eigenvalue weighted by atomic mass is 10.00. The second-order valence-electron chi connectivity index (χ2n) is 8.25. The van der Waals surface area contributed by atoms with Crippen molar-refractivity contribution in [2.45, 2.75) is 13.3 Å². The van der Waals surface area contributed by atoms with Gasteiger partial charge in [0.25, 0.3) is 5.91 Å². The molecule has 0 bridgehead atoms. The van der Waals surface area contributed by atoms with Crippen LogP contribution in [0, 0.1) is 0 Å². The van der Waals surface area contributed by atoms with Gasteiger partial charge in [0.1, 0.15) is 11.5 Å². The maximum absolute atomic E-state index is 13.4. The molecule has 0 spiro atoms. The number of amidine groups is 1. The molecule has 32 heavy (non-hydrogen) atoms. The number of halogens is 1. The Bertz CT molecular complexity index is 1120. The van der Waals surface area contributed by atoms with Crippen LogP contribution < -0.4 is 4.90 Å². The SMILES string of the molecule is CCCN1CCN(/C=C2\N=C3CN=C(c4ccccc4)c4cc(Cl)ccc4N3C2=O)CC1. The lowest BCUT2D eigenvalue weighted by molar-refractivity contribution is -0.114. The average Bonchev–Trinajstić information content (AvgIpc) is 3.02. The first-order valence-electron chi connectivity index (χ1n) is 11.1. The number of piperazine rings is 1. The van der Waals surface area contributed by atoms with Crippen molar-refractivity contribution in [3.8, 4) is 0 Å². The summed E-state index contributed by atoms with van der Waals surface area (Å²) in [5.41, 5.74) is 3.91. The first kappa shape index (κ1) is 20.9. The van der Waals surface area contributed by atoms with Crippen molar-refractivity contribution < 1.29 is 4.79 Å². The molecule has 2 aromatic carbocycles. The topological polar surface area (TPSA) is 51.5 Å². The fourth-order valence-electron chi connectivity index (χ4n) is 4.48. The Hall–Kier alpha value is -2.96. The zero-order valence-electron chi connectivity index (χ0n) is 18.2. The summed E-state index contributed by atoms with van der Waals surface area (Å²) in [5, 5.41) is 0.611. The van der Waals surface area contributed by atoms with Gasteiger partial charge in [0.05, 0.1) is 17.9 Å². The average molecular weight is 448 g/mol. The molecule has 1 fully saturated rings. The molecule has 0 N–H and O–H groups in total.